The Bertz CT molecular complexity index is 925. The van der Waals surface area contributed by atoms with Gasteiger partial charge in [-0.2, -0.15) is 0 Å². The Labute approximate surface area is 169 Å². The molecule has 2 amide bonds. The van der Waals surface area contributed by atoms with Crippen molar-refractivity contribution in [1.29, 1.82) is 0 Å². The number of benzene rings is 2. The zero-order valence-corrected chi connectivity index (χ0v) is 16.2. The van der Waals surface area contributed by atoms with Gasteiger partial charge in [-0.05, 0) is 12.1 Å². The molecule has 1 atom stereocenters. The molecule has 0 spiro atoms. The zero-order chi connectivity index (χ0) is 19.8. The summed E-state index contributed by atoms with van der Waals surface area (Å²) in [5, 5.41) is 0. The molecule has 3 aliphatic heterocycles. The van der Waals surface area contributed by atoms with E-state index in [1.54, 1.807) is 18.2 Å². The van der Waals surface area contributed by atoms with Crippen LogP contribution in [-0.2, 0) is 16.1 Å². The maximum absolute atomic E-state index is 13.1. The minimum atomic E-state index is -0.286. The number of ether oxygens (including phenoxy) is 2. The topological polar surface area (TPSA) is 64.7 Å². The highest BCUT2D eigenvalue weighted by Crippen LogP contribution is 2.36. The monoisotopic (exact) mass is 395 g/mol. The summed E-state index contributed by atoms with van der Waals surface area (Å²) in [4.78, 5) is 29.8. The first kappa shape index (κ1) is 18.1. The van der Waals surface area contributed by atoms with Gasteiger partial charge in [-0.1, -0.05) is 30.3 Å². The van der Waals surface area contributed by atoms with E-state index in [-0.39, 0.29) is 31.1 Å². The van der Waals surface area contributed by atoms with Crippen LogP contribution in [0.5, 0.6) is 11.5 Å². The lowest BCUT2D eigenvalue weighted by Crippen LogP contribution is -3.29. The van der Waals surface area contributed by atoms with Gasteiger partial charge in [-0.15, -0.1) is 0 Å². The van der Waals surface area contributed by atoms with Crippen LogP contribution in [0.25, 0.3) is 0 Å². The molecule has 0 radical (unpaired) electrons. The molecular weight excluding hydrogens is 370 g/mol. The fourth-order valence-corrected chi connectivity index (χ4v) is 4.58. The van der Waals surface area contributed by atoms with Crippen molar-refractivity contribution in [2.75, 3.05) is 37.9 Å². The van der Waals surface area contributed by atoms with E-state index in [0.717, 1.165) is 32.7 Å². The van der Waals surface area contributed by atoms with Gasteiger partial charge in [0.25, 0.3) is 5.91 Å². The Morgan fingerprint density at radius 1 is 0.931 bits per heavy atom. The van der Waals surface area contributed by atoms with Crippen molar-refractivity contribution in [3.63, 3.8) is 0 Å². The number of carbonyl (C=O) groups excluding carboxylic acids is 2. The van der Waals surface area contributed by atoms with Crippen molar-refractivity contribution in [3.8, 4) is 11.5 Å². The zero-order valence-electron chi connectivity index (χ0n) is 16.2. The van der Waals surface area contributed by atoms with Gasteiger partial charge >= 0.3 is 0 Å². The molecule has 5 rings (SSSR count). The molecule has 0 bridgehead atoms. The van der Waals surface area contributed by atoms with Crippen molar-refractivity contribution in [2.45, 2.75) is 19.0 Å². The average Bonchev–Trinajstić information content (AvgIpc) is 3.32. The molecule has 150 valence electrons. The Morgan fingerprint density at radius 2 is 1.69 bits per heavy atom. The normalized spacial score (nSPS) is 26.2. The quantitative estimate of drug-likeness (QED) is 0.654. The second-order valence-corrected chi connectivity index (χ2v) is 7.93. The van der Waals surface area contributed by atoms with Gasteiger partial charge in [-0.25, -0.2) is 4.90 Å². The first-order chi connectivity index (χ1) is 14.2. The van der Waals surface area contributed by atoms with Crippen molar-refractivity contribution < 1.29 is 28.9 Å². The molecule has 2 aromatic carbocycles. The molecule has 2 aromatic rings. The van der Waals surface area contributed by atoms with Crippen LogP contribution >= 0.6 is 0 Å². The van der Waals surface area contributed by atoms with Crippen LogP contribution in [0.2, 0.25) is 0 Å². The maximum Gasteiger partial charge on any atom is 0.292 e. The Morgan fingerprint density at radius 3 is 2.48 bits per heavy atom. The van der Waals surface area contributed by atoms with Crippen LogP contribution in [-0.4, -0.2) is 50.8 Å². The van der Waals surface area contributed by atoms with E-state index in [9.17, 15) is 9.59 Å². The summed E-state index contributed by atoms with van der Waals surface area (Å²) in [6.45, 7) is 5.00. The highest BCUT2D eigenvalue weighted by atomic mass is 16.7. The van der Waals surface area contributed by atoms with Gasteiger partial charge in [0.15, 0.2) is 17.5 Å². The number of hydrogen-bond acceptors (Lipinski definition) is 4. The number of amides is 2. The van der Waals surface area contributed by atoms with Crippen LogP contribution in [0.1, 0.15) is 12.0 Å². The molecule has 0 unspecified atom stereocenters. The smallest absolute Gasteiger partial charge is 0.292 e. The van der Waals surface area contributed by atoms with Crippen molar-refractivity contribution in [3.05, 3.63) is 54.1 Å². The van der Waals surface area contributed by atoms with Crippen LogP contribution in [0, 0.1) is 0 Å². The largest absolute Gasteiger partial charge is 0.454 e. The molecule has 7 nitrogen and oxygen atoms in total. The molecular formula is C22H25N3O4+2. The molecule has 2 N–H and O–H groups in total. The van der Waals surface area contributed by atoms with E-state index in [1.165, 1.54) is 20.3 Å². The van der Waals surface area contributed by atoms with Crippen LogP contribution in [0.4, 0.5) is 5.69 Å². The average molecular weight is 395 g/mol. The van der Waals surface area contributed by atoms with Crippen LogP contribution in [0.3, 0.4) is 0 Å². The maximum atomic E-state index is 13.1. The number of piperazine rings is 1. The van der Waals surface area contributed by atoms with Crippen LogP contribution in [0.15, 0.2) is 48.5 Å². The summed E-state index contributed by atoms with van der Waals surface area (Å²) in [6.07, 6.45) is 0.274. The fraction of sp³-hybridized carbons (Fsp3) is 0.364. The SMILES string of the molecule is O=C1C[C@H]([NH+]2CC[NH+](Cc3ccccc3)CC2)C(=O)N1c1ccc2c(c1)OCO2. The number of rotatable bonds is 4. The number of nitrogens with zero attached hydrogens (tertiary/aromatic N) is 1. The summed E-state index contributed by atoms with van der Waals surface area (Å²) in [5.41, 5.74) is 1.91. The number of quaternary nitrogens is 2. The van der Waals surface area contributed by atoms with Gasteiger partial charge in [-0.3, -0.25) is 9.59 Å². The minimum absolute atomic E-state index is 0.102. The minimum Gasteiger partial charge on any atom is -0.454 e. The highest BCUT2D eigenvalue weighted by molar-refractivity contribution is 6.22. The number of hydrogen-bond donors (Lipinski definition) is 2. The Kier molecular flexibility index (Phi) is 4.69. The molecule has 0 saturated carbocycles. The van der Waals surface area contributed by atoms with Gasteiger partial charge < -0.3 is 19.3 Å². The van der Waals surface area contributed by atoms with Crippen molar-refractivity contribution in [1.82, 2.24) is 0 Å². The van der Waals surface area contributed by atoms with Crippen molar-refractivity contribution >= 4 is 17.5 Å². The lowest BCUT2D eigenvalue weighted by molar-refractivity contribution is -1.02. The van der Waals surface area contributed by atoms with Gasteiger partial charge in [0, 0.05) is 11.6 Å². The van der Waals surface area contributed by atoms with Crippen molar-refractivity contribution in [2.24, 2.45) is 0 Å². The summed E-state index contributed by atoms with van der Waals surface area (Å²) in [5.74, 6) is 0.991. The van der Waals surface area contributed by atoms with Crippen LogP contribution < -0.4 is 24.2 Å². The predicted molar refractivity (Wildman–Crippen MR) is 105 cm³/mol. The van der Waals surface area contributed by atoms with E-state index >= 15 is 0 Å². The number of carbonyl (C=O) groups is 2. The first-order valence-electron chi connectivity index (χ1n) is 10.2. The summed E-state index contributed by atoms with van der Waals surface area (Å²) < 4.78 is 10.7. The molecule has 0 aliphatic carbocycles. The standard InChI is InChI=1S/C22H23N3O4/c26-21-13-18(22(27)25(21)17-6-7-19-20(12-17)29-15-28-19)24-10-8-23(9-11-24)14-16-4-2-1-3-5-16/h1-7,12,18H,8-11,13-15H2/p+2/t18-/m0/s1. The summed E-state index contributed by atoms with van der Waals surface area (Å²) in [6, 6.07) is 15.4. The summed E-state index contributed by atoms with van der Waals surface area (Å²) >= 11 is 0. The second-order valence-electron chi connectivity index (χ2n) is 7.93. The molecule has 2 saturated heterocycles. The van der Waals surface area contributed by atoms with E-state index < -0.39 is 0 Å². The number of nitrogens with one attached hydrogen (secondary N) is 2. The summed E-state index contributed by atoms with van der Waals surface area (Å²) in [7, 11) is 0. The van der Waals surface area contributed by atoms with E-state index in [0.29, 0.717) is 17.2 Å². The van der Waals surface area contributed by atoms with Gasteiger partial charge in [0.05, 0.1) is 12.1 Å². The fourth-order valence-electron chi connectivity index (χ4n) is 4.58. The molecule has 7 heteroatoms. The number of anilines is 1. The molecule has 3 aliphatic rings. The molecule has 0 aromatic heterocycles. The third kappa shape index (κ3) is 3.47. The molecule has 29 heavy (non-hydrogen) atoms. The Balaban J connectivity index is 1.24. The lowest BCUT2D eigenvalue weighted by Gasteiger charge is -2.32. The number of fused-ring (bicyclic) bond motifs is 1. The van der Waals surface area contributed by atoms with Gasteiger partial charge in [0.1, 0.15) is 32.7 Å². The van der Waals surface area contributed by atoms with E-state index in [2.05, 4.69) is 24.3 Å². The van der Waals surface area contributed by atoms with E-state index in [4.69, 9.17) is 9.47 Å². The Hall–Kier alpha value is -2.90. The third-order valence-corrected chi connectivity index (χ3v) is 6.15. The number of imide groups is 1. The predicted octanol–water partition coefficient (Wildman–Crippen LogP) is -0.969. The first-order valence-corrected chi connectivity index (χ1v) is 10.2. The molecule has 2 fully saturated rings. The van der Waals surface area contributed by atoms with E-state index in [1.807, 2.05) is 6.07 Å². The lowest BCUT2D eigenvalue weighted by atomic mass is 10.1. The third-order valence-electron chi connectivity index (χ3n) is 6.15. The highest BCUT2D eigenvalue weighted by Gasteiger charge is 2.47. The second kappa shape index (κ2) is 7.50. The van der Waals surface area contributed by atoms with Gasteiger partial charge in [0.2, 0.25) is 12.7 Å². The molecule has 3 heterocycles.